The molecule has 1 aliphatic carbocycles. The van der Waals surface area contributed by atoms with Crippen molar-refractivity contribution in [1.82, 2.24) is 19.5 Å². The van der Waals surface area contributed by atoms with Gasteiger partial charge in [-0.2, -0.15) is 4.90 Å². The van der Waals surface area contributed by atoms with Gasteiger partial charge in [0.1, 0.15) is 35.3 Å². The number of nitrogens with zero attached hydrogens (tertiary/aromatic N) is 5. The third kappa shape index (κ3) is 5.35. The minimum absolute atomic E-state index is 0.124. The first-order valence-electron chi connectivity index (χ1n) is 13.6. The predicted molar refractivity (Wildman–Crippen MR) is 142 cm³/mol. The largest absolute Gasteiger partial charge is 0.466 e. The lowest BCUT2D eigenvalue weighted by Crippen LogP contribution is -2.44. The van der Waals surface area contributed by atoms with Gasteiger partial charge < -0.3 is 28.4 Å². The zero-order valence-electron chi connectivity index (χ0n) is 24.8. The van der Waals surface area contributed by atoms with Crippen LogP contribution in [-0.4, -0.2) is 79.1 Å². The molecule has 0 aromatic carbocycles. The van der Waals surface area contributed by atoms with Crippen LogP contribution >= 0.6 is 0 Å². The fraction of sp³-hybridized carbons (Fsp3) is 0.704. The number of hydrogen-bond donors (Lipinski definition) is 0. The minimum atomic E-state index is -0.984. The van der Waals surface area contributed by atoms with Crippen LogP contribution in [0.1, 0.15) is 75.0 Å². The SMILES string of the molecule is CCOC(=O)[C@H]1C[C@]12O[C@@H](n1cnc3c(N(C(=O)OC(C)(C)C)C(=O)OC(C)(C)C)ncnc31)[C@H]1OC(C)(C)OC12. The van der Waals surface area contributed by atoms with Crippen LogP contribution in [-0.2, 0) is 33.2 Å². The molecule has 4 heterocycles. The van der Waals surface area contributed by atoms with Gasteiger partial charge in [-0.1, -0.05) is 0 Å². The summed E-state index contributed by atoms with van der Waals surface area (Å²) in [5.41, 5.74) is -2.36. The molecule has 2 amide bonds. The molecule has 1 unspecified atom stereocenters. The number of aromatic nitrogens is 4. The van der Waals surface area contributed by atoms with Gasteiger partial charge >= 0.3 is 18.2 Å². The average Bonchev–Trinajstić information content (AvgIpc) is 3.06. The van der Waals surface area contributed by atoms with Gasteiger partial charge in [0.2, 0.25) is 0 Å². The molecule has 5 atom stereocenters. The van der Waals surface area contributed by atoms with Crippen LogP contribution < -0.4 is 4.90 Å². The second kappa shape index (κ2) is 9.60. The third-order valence-corrected chi connectivity index (χ3v) is 6.73. The molecule has 0 radical (unpaired) electrons. The highest BCUT2D eigenvalue weighted by Gasteiger charge is 2.76. The van der Waals surface area contributed by atoms with Crippen molar-refractivity contribution in [1.29, 1.82) is 0 Å². The quantitative estimate of drug-likeness (QED) is 0.384. The van der Waals surface area contributed by atoms with E-state index in [9.17, 15) is 14.4 Å². The van der Waals surface area contributed by atoms with Gasteiger partial charge in [0.15, 0.2) is 29.0 Å². The number of ether oxygens (including phenoxy) is 6. The molecule has 41 heavy (non-hydrogen) atoms. The van der Waals surface area contributed by atoms with E-state index in [2.05, 4.69) is 15.0 Å². The fourth-order valence-corrected chi connectivity index (χ4v) is 5.23. The highest BCUT2D eigenvalue weighted by molar-refractivity contribution is 6.12. The molecule has 3 aliphatic rings. The molecular weight excluding hydrogens is 538 g/mol. The minimum Gasteiger partial charge on any atom is -0.466 e. The summed E-state index contributed by atoms with van der Waals surface area (Å²) >= 11 is 0. The summed E-state index contributed by atoms with van der Waals surface area (Å²) in [7, 11) is 0. The van der Waals surface area contributed by atoms with Crippen LogP contribution in [0.4, 0.5) is 15.4 Å². The van der Waals surface area contributed by atoms with E-state index in [0.29, 0.717) is 11.3 Å². The number of amides is 2. The second-order valence-corrected chi connectivity index (χ2v) is 12.8. The number of esters is 1. The molecule has 14 nitrogen and oxygen atoms in total. The first-order chi connectivity index (χ1) is 19.0. The van der Waals surface area contributed by atoms with E-state index in [1.165, 1.54) is 12.7 Å². The Morgan fingerprint density at radius 2 is 1.63 bits per heavy atom. The smallest absolute Gasteiger partial charge is 0.425 e. The Hall–Kier alpha value is -3.36. The average molecular weight is 576 g/mol. The van der Waals surface area contributed by atoms with Crippen molar-refractivity contribution in [2.24, 2.45) is 5.92 Å². The van der Waals surface area contributed by atoms with Gasteiger partial charge in [0.25, 0.3) is 0 Å². The first kappa shape index (κ1) is 29.1. The molecule has 2 aromatic heterocycles. The number of fused-ring (bicyclic) bond motifs is 3. The number of imidazole rings is 1. The summed E-state index contributed by atoms with van der Waals surface area (Å²) in [4.78, 5) is 52.9. The summed E-state index contributed by atoms with van der Waals surface area (Å²) in [5.74, 6) is -1.91. The summed E-state index contributed by atoms with van der Waals surface area (Å²) < 4.78 is 36.8. The van der Waals surface area contributed by atoms with Crippen molar-refractivity contribution in [3.63, 3.8) is 0 Å². The molecule has 2 aromatic rings. The predicted octanol–water partition coefficient (Wildman–Crippen LogP) is 3.87. The number of imide groups is 1. The Labute approximate surface area is 237 Å². The van der Waals surface area contributed by atoms with Gasteiger partial charge in [-0.25, -0.2) is 24.5 Å². The Morgan fingerprint density at radius 1 is 1.00 bits per heavy atom. The lowest BCUT2D eigenvalue weighted by molar-refractivity contribution is -0.205. The molecule has 3 fully saturated rings. The van der Waals surface area contributed by atoms with E-state index in [1.807, 2.05) is 0 Å². The molecule has 2 aliphatic heterocycles. The zero-order valence-corrected chi connectivity index (χ0v) is 24.8. The van der Waals surface area contributed by atoms with E-state index in [1.54, 1.807) is 66.9 Å². The van der Waals surface area contributed by atoms with E-state index < -0.39 is 59.1 Å². The van der Waals surface area contributed by atoms with E-state index in [-0.39, 0.29) is 29.6 Å². The maximum atomic E-state index is 13.3. The highest BCUT2D eigenvalue weighted by Crippen LogP contribution is 2.62. The van der Waals surface area contributed by atoms with Crippen molar-refractivity contribution in [3.05, 3.63) is 12.7 Å². The van der Waals surface area contributed by atoms with Gasteiger partial charge in [-0.15, -0.1) is 0 Å². The molecule has 5 rings (SSSR count). The first-order valence-corrected chi connectivity index (χ1v) is 13.6. The van der Waals surface area contributed by atoms with Crippen molar-refractivity contribution in [2.45, 2.75) is 110 Å². The molecule has 1 spiro atoms. The van der Waals surface area contributed by atoms with Crippen molar-refractivity contribution >= 4 is 35.1 Å². The molecule has 0 N–H and O–H groups in total. The van der Waals surface area contributed by atoms with E-state index >= 15 is 0 Å². The Bertz CT molecular complexity index is 1350. The van der Waals surface area contributed by atoms with Gasteiger partial charge in [-0.05, 0) is 68.7 Å². The van der Waals surface area contributed by atoms with Gasteiger partial charge in [-0.3, -0.25) is 9.36 Å². The summed E-state index contributed by atoms with van der Waals surface area (Å²) in [6.45, 7) is 15.7. The topological polar surface area (TPSA) is 153 Å². The van der Waals surface area contributed by atoms with Crippen molar-refractivity contribution in [2.75, 3.05) is 11.5 Å². The van der Waals surface area contributed by atoms with Crippen LogP contribution in [0, 0.1) is 5.92 Å². The summed E-state index contributed by atoms with van der Waals surface area (Å²) in [6, 6.07) is 0. The van der Waals surface area contributed by atoms with E-state index in [4.69, 9.17) is 28.4 Å². The van der Waals surface area contributed by atoms with Crippen LogP contribution in [0.3, 0.4) is 0 Å². The maximum Gasteiger partial charge on any atom is 0.425 e. The molecular formula is C27H37N5O9. The Balaban J connectivity index is 1.54. The van der Waals surface area contributed by atoms with E-state index in [0.717, 1.165) is 0 Å². The van der Waals surface area contributed by atoms with Gasteiger partial charge in [0.05, 0.1) is 18.9 Å². The number of hydrogen-bond acceptors (Lipinski definition) is 12. The van der Waals surface area contributed by atoms with Crippen LogP contribution in [0.2, 0.25) is 0 Å². The standard InChI is InChI=1S/C27H37N5O9/c1-10-36-21(33)14-11-27(14)17-16(37-26(8,9)38-17)20(39-27)31-13-30-15-18(31)28-12-29-19(15)32(22(34)40-24(2,3)4)23(35)41-25(5,6)7/h12-14,16-17,20H,10-11H2,1-9H3/t14-,16+,17?,20-,27+/m1/s1. The molecule has 0 bridgehead atoms. The lowest BCUT2D eigenvalue weighted by atomic mass is 10.1. The molecule has 2 saturated heterocycles. The number of carbonyl (C=O) groups excluding carboxylic acids is 3. The number of rotatable bonds is 4. The molecule has 224 valence electrons. The highest BCUT2D eigenvalue weighted by atomic mass is 16.8. The Kier molecular flexibility index (Phi) is 6.82. The number of anilines is 1. The maximum absolute atomic E-state index is 13.3. The van der Waals surface area contributed by atoms with Crippen molar-refractivity contribution < 1.29 is 42.8 Å². The second-order valence-electron chi connectivity index (χ2n) is 12.8. The molecule has 1 saturated carbocycles. The van der Waals surface area contributed by atoms with Crippen molar-refractivity contribution in [3.8, 4) is 0 Å². The number of carbonyl (C=O) groups is 3. The van der Waals surface area contributed by atoms with Crippen LogP contribution in [0.25, 0.3) is 11.2 Å². The van der Waals surface area contributed by atoms with Gasteiger partial charge in [0, 0.05) is 0 Å². The summed E-state index contributed by atoms with van der Waals surface area (Å²) in [5, 5.41) is 0. The van der Waals surface area contributed by atoms with Crippen LogP contribution in [0.15, 0.2) is 12.7 Å². The zero-order chi connectivity index (χ0) is 30.1. The monoisotopic (exact) mass is 575 g/mol. The molecule has 14 heteroatoms. The Morgan fingerprint density at radius 3 is 2.22 bits per heavy atom. The fourth-order valence-electron chi connectivity index (χ4n) is 5.23. The summed E-state index contributed by atoms with van der Waals surface area (Å²) in [6.07, 6.45) is -0.824. The lowest BCUT2D eigenvalue weighted by Gasteiger charge is -2.28. The normalized spacial score (nSPS) is 28.4. The van der Waals surface area contributed by atoms with Crippen LogP contribution in [0.5, 0.6) is 0 Å². The third-order valence-electron chi connectivity index (χ3n) is 6.73.